The minimum atomic E-state index is -0.310. The first-order valence-electron chi connectivity index (χ1n) is 10.2. The summed E-state index contributed by atoms with van der Waals surface area (Å²) in [5.74, 6) is 0.898. The van der Waals surface area contributed by atoms with E-state index in [9.17, 15) is 4.39 Å². The molecule has 1 saturated heterocycles. The lowest BCUT2D eigenvalue weighted by Crippen LogP contribution is -2.52. The smallest absolute Gasteiger partial charge is 0.194 e. The third-order valence-electron chi connectivity index (χ3n) is 4.94. The minimum Gasteiger partial charge on any atom is -0.494 e. The lowest BCUT2D eigenvalue weighted by Gasteiger charge is -2.36. The average Bonchev–Trinajstić information content (AvgIpc) is 3.21. The second-order valence-corrected chi connectivity index (χ2v) is 8.25. The molecule has 0 radical (unpaired) electrons. The summed E-state index contributed by atoms with van der Waals surface area (Å²) in [4.78, 5) is 16.0. The molecule has 30 heavy (non-hydrogen) atoms. The van der Waals surface area contributed by atoms with E-state index in [4.69, 9.17) is 9.73 Å². The van der Waals surface area contributed by atoms with E-state index < -0.39 is 0 Å². The Morgan fingerprint density at radius 2 is 2.07 bits per heavy atom. The lowest BCUT2D eigenvalue weighted by atomic mass is 10.2. The van der Waals surface area contributed by atoms with Crippen LogP contribution < -0.4 is 15.0 Å². The summed E-state index contributed by atoms with van der Waals surface area (Å²) in [7, 11) is 5.47. The zero-order chi connectivity index (χ0) is 21.5. The Morgan fingerprint density at radius 3 is 2.67 bits per heavy atom. The van der Waals surface area contributed by atoms with Crippen LogP contribution in [0.4, 0.5) is 9.52 Å². The number of anilines is 1. The van der Waals surface area contributed by atoms with Crippen LogP contribution in [0.15, 0.2) is 28.6 Å². The molecule has 1 aliphatic rings. The van der Waals surface area contributed by atoms with Gasteiger partial charge >= 0.3 is 0 Å². The van der Waals surface area contributed by atoms with Gasteiger partial charge in [0.05, 0.1) is 19.3 Å². The Bertz CT molecular complexity index is 848. The van der Waals surface area contributed by atoms with Crippen molar-refractivity contribution in [2.75, 3.05) is 58.8 Å². The van der Waals surface area contributed by atoms with Gasteiger partial charge in [-0.3, -0.25) is 4.90 Å². The summed E-state index contributed by atoms with van der Waals surface area (Å²) in [5, 5.41) is 6.45. The van der Waals surface area contributed by atoms with Crippen LogP contribution in [0, 0.1) is 5.82 Å². The Kier molecular flexibility index (Phi) is 7.87. The second-order valence-electron chi connectivity index (χ2n) is 7.42. The van der Waals surface area contributed by atoms with Gasteiger partial charge in [0.1, 0.15) is 0 Å². The van der Waals surface area contributed by atoms with Crippen LogP contribution in [0.25, 0.3) is 0 Å². The number of methoxy groups -OCH3 is 1. The van der Waals surface area contributed by atoms with Crippen LogP contribution in [0.1, 0.15) is 18.2 Å². The standard InChI is InChI=1S/C21H31FN6OS/c1-5-23-20(24-13-17-15-30-21(25-17)26(2)3)28-10-8-27(9-11-28)14-16-6-7-19(29-4)18(22)12-16/h6-7,12,15H,5,8-11,13-14H2,1-4H3,(H,23,24). The number of halogens is 1. The third kappa shape index (κ3) is 5.82. The highest BCUT2D eigenvalue weighted by Crippen LogP contribution is 2.20. The highest BCUT2D eigenvalue weighted by molar-refractivity contribution is 7.13. The molecule has 3 rings (SSSR count). The number of aromatic nitrogens is 1. The van der Waals surface area contributed by atoms with Gasteiger partial charge in [0.25, 0.3) is 0 Å². The zero-order valence-corrected chi connectivity index (χ0v) is 19.0. The molecule has 0 amide bonds. The van der Waals surface area contributed by atoms with Crippen LogP contribution in [-0.4, -0.2) is 74.7 Å². The lowest BCUT2D eigenvalue weighted by molar-refractivity contribution is 0.172. The van der Waals surface area contributed by atoms with Crippen molar-refractivity contribution in [3.05, 3.63) is 40.7 Å². The number of hydrogen-bond donors (Lipinski definition) is 1. The topological polar surface area (TPSA) is 56.2 Å². The van der Waals surface area contributed by atoms with Crippen LogP contribution in [0.3, 0.4) is 0 Å². The summed E-state index contributed by atoms with van der Waals surface area (Å²) >= 11 is 1.63. The van der Waals surface area contributed by atoms with E-state index in [0.29, 0.717) is 6.54 Å². The molecule has 2 aromatic rings. The first-order chi connectivity index (χ1) is 14.5. The first-order valence-corrected chi connectivity index (χ1v) is 11.1. The third-order valence-corrected chi connectivity index (χ3v) is 6.00. The SMILES string of the molecule is CCNC(=NCc1csc(N(C)C)n1)N1CCN(Cc2ccc(OC)c(F)c2)CC1. The predicted molar refractivity (Wildman–Crippen MR) is 121 cm³/mol. The molecule has 0 saturated carbocycles. The number of rotatable bonds is 7. The quantitative estimate of drug-likeness (QED) is 0.534. The van der Waals surface area contributed by atoms with Crippen molar-refractivity contribution < 1.29 is 9.13 Å². The molecule has 0 unspecified atom stereocenters. The molecule has 0 atom stereocenters. The molecular weight excluding hydrogens is 403 g/mol. The highest BCUT2D eigenvalue weighted by Gasteiger charge is 2.20. The molecular formula is C21H31FN6OS. The van der Waals surface area contributed by atoms with Gasteiger partial charge in [-0.25, -0.2) is 14.4 Å². The van der Waals surface area contributed by atoms with Crippen molar-refractivity contribution in [2.45, 2.75) is 20.0 Å². The van der Waals surface area contributed by atoms with Gasteiger partial charge in [-0.05, 0) is 24.6 Å². The maximum Gasteiger partial charge on any atom is 0.194 e. The normalized spacial score (nSPS) is 15.4. The van der Waals surface area contributed by atoms with Crippen molar-refractivity contribution >= 4 is 22.4 Å². The van der Waals surface area contributed by atoms with Crippen LogP contribution in [-0.2, 0) is 13.1 Å². The molecule has 0 bridgehead atoms. The van der Waals surface area contributed by atoms with E-state index in [2.05, 4.69) is 32.4 Å². The second kappa shape index (κ2) is 10.6. The number of piperazine rings is 1. The summed E-state index contributed by atoms with van der Waals surface area (Å²) in [6, 6.07) is 5.18. The van der Waals surface area contributed by atoms with E-state index in [1.165, 1.54) is 7.11 Å². The minimum absolute atomic E-state index is 0.285. The summed E-state index contributed by atoms with van der Waals surface area (Å²) in [6.45, 7) is 7.77. The number of nitrogens with zero attached hydrogens (tertiary/aromatic N) is 5. The first kappa shape index (κ1) is 22.3. The van der Waals surface area contributed by atoms with Gasteiger partial charge in [0, 0.05) is 58.7 Å². The predicted octanol–water partition coefficient (Wildman–Crippen LogP) is 2.64. The average molecular weight is 435 g/mol. The molecule has 1 aromatic heterocycles. The van der Waals surface area contributed by atoms with Crippen molar-refractivity contribution in [3.63, 3.8) is 0 Å². The molecule has 0 spiro atoms. The monoisotopic (exact) mass is 434 g/mol. The van der Waals surface area contributed by atoms with Gasteiger partial charge in [-0.15, -0.1) is 11.3 Å². The maximum atomic E-state index is 13.9. The molecule has 0 aliphatic carbocycles. The van der Waals surface area contributed by atoms with Gasteiger partial charge in [0.2, 0.25) is 0 Å². The van der Waals surface area contributed by atoms with E-state index >= 15 is 0 Å². The van der Waals surface area contributed by atoms with Crippen LogP contribution in [0.2, 0.25) is 0 Å². The molecule has 1 N–H and O–H groups in total. The molecule has 1 aliphatic heterocycles. The molecule has 9 heteroatoms. The number of thiazole rings is 1. The van der Waals surface area contributed by atoms with Crippen molar-refractivity contribution in [2.24, 2.45) is 4.99 Å². The van der Waals surface area contributed by atoms with E-state index in [-0.39, 0.29) is 11.6 Å². The number of benzene rings is 1. The Labute approximate surface area is 182 Å². The van der Waals surface area contributed by atoms with E-state index in [0.717, 1.165) is 61.6 Å². The van der Waals surface area contributed by atoms with Gasteiger partial charge in [0.15, 0.2) is 22.7 Å². The molecule has 7 nitrogen and oxygen atoms in total. The summed E-state index contributed by atoms with van der Waals surface area (Å²) in [6.07, 6.45) is 0. The fourth-order valence-electron chi connectivity index (χ4n) is 3.34. The Morgan fingerprint density at radius 1 is 1.30 bits per heavy atom. The van der Waals surface area contributed by atoms with Gasteiger partial charge in [-0.1, -0.05) is 6.07 Å². The van der Waals surface area contributed by atoms with Crippen LogP contribution in [0.5, 0.6) is 5.75 Å². The van der Waals surface area contributed by atoms with Crippen molar-refractivity contribution in [3.8, 4) is 5.75 Å². The number of nitrogens with one attached hydrogen (secondary N) is 1. The van der Waals surface area contributed by atoms with Crippen molar-refractivity contribution in [1.82, 2.24) is 20.1 Å². The van der Waals surface area contributed by atoms with Gasteiger partial charge in [-0.2, -0.15) is 0 Å². The molecule has 1 aromatic carbocycles. The number of guanidine groups is 1. The molecule has 164 valence electrons. The van der Waals surface area contributed by atoms with Crippen molar-refractivity contribution in [1.29, 1.82) is 0 Å². The Balaban J connectivity index is 1.56. The Hall–Kier alpha value is -2.39. The highest BCUT2D eigenvalue weighted by atomic mass is 32.1. The number of aliphatic imine (C=N–C) groups is 1. The maximum absolute atomic E-state index is 13.9. The van der Waals surface area contributed by atoms with E-state index in [1.807, 2.05) is 25.1 Å². The van der Waals surface area contributed by atoms with Gasteiger partial charge < -0.3 is 19.9 Å². The van der Waals surface area contributed by atoms with Crippen LogP contribution >= 0.6 is 11.3 Å². The summed E-state index contributed by atoms with van der Waals surface area (Å²) < 4.78 is 18.9. The largest absolute Gasteiger partial charge is 0.494 e. The number of hydrogen-bond acceptors (Lipinski definition) is 6. The fraction of sp³-hybridized carbons (Fsp3) is 0.524. The molecule has 1 fully saturated rings. The summed E-state index contributed by atoms with van der Waals surface area (Å²) in [5.41, 5.74) is 1.95. The molecule has 2 heterocycles. The zero-order valence-electron chi connectivity index (χ0n) is 18.2. The van der Waals surface area contributed by atoms with E-state index in [1.54, 1.807) is 23.5 Å². The fourth-order valence-corrected chi connectivity index (χ4v) is 4.09. The number of ether oxygens (including phenoxy) is 1.